The number of ether oxygens (including phenoxy) is 1. The van der Waals surface area contributed by atoms with Gasteiger partial charge in [-0.1, -0.05) is 45.2 Å². The zero-order chi connectivity index (χ0) is 14.4. The van der Waals surface area contributed by atoms with E-state index in [1.54, 1.807) is 7.11 Å². The molecule has 0 bridgehead atoms. The Kier molecular flexibility index (Phi) is 5.47. The van der Waals surface area contributed by atoms with Crippen molar-refractivity contribution in [2.75, 3.05) is 20.2 Å². The summed E-state index contributed by atoms with van der Waals surface area (Å²) >= 11 is 0. The molecular formula is C18H29NO. The van der Waals surface area contributed by atoms with E-state index in [4.69, 9.17) is 4.74 Å². The van der Waals surface area contributed by atoms with E-state index in [0.29, 0.717) is 11.3 Å². The summed E-state index contributed by atoms with van der Waals surface area (Å²) in [4.78, 5) is 0. The Bertz CT molecular complexity index is 390. The van der Waals surface area contributed by atoms with E-state index in [9.17, 15) is 0 Å². The van der Waals surface area contributed by atoms with Gasteiger partial charge < -0.3 is 10.1 Å². The second-order valence-electron chi connectivity index (χ2n) is 6.59. The molecule has 0 saturated heterocycles. The fraction of sp³-hybridized carbons (Fsp3) is 0.667. The fourth-order valence-electron chi connectivity index (χ4n) is 3.34. The molecule has 0 radical (unpaired) electrons. The van der Waals surface area contributed by atoms with Gasteiger partial charge in [-0.3, -0.25) is 0 Å². The highest BCUT2D eigenvalue weighted by molar-refractivity contribution is 5.33. The van der Waals surface area contributed by atoms with Crippen LogP contribution in [0.5, 0.6) is 5.75 Å². The van der Waals surface area contributed by atoms with E-state index in [1.807, 2.05) is 0 Å². The molecule has 2 heteroatoms. The van der Waals surface area contributed by atoms with Gasteiger partial charge in [0, 0.05) is 12.0 Å². The van der Waals surface area contributed by atoms with Gasteiger partial charge >= 0.3 is 0 Å². The van der Waals surface area contributed by atoms with Gasteiger partial charge in [0.1, 0.15) is 5.75 Å². The van der Waals surface area contributed by atoms with Crippen molar-refractivity contribution in [2.45, 2.75) is 51.4 Å². The van der Waals surface area contributed by atoms with Crippen molar-refractivity contribution < 1.29 is 4.74 Å². The number of rotatable bonds is 6. The SMILES string of the molecule is COc1ccc(C2(CNCC(C)C)CCCCC2)cc1. The summed E-state index contributed by atoms with van der Waals surface area (Å²) in [5.74, 6) is 1.67. The number of hydrogen-bond donors (Lipinski definition) is 1. The molecule has 0 amide bonds. The third-order valence-corrected chi connectivity index (χ3v) is 4.53. The summed E-state index contributed by atoms with van der Waals surface area (Å²) in [7, 11) is 1.73. The van der Waals surface area contributed by atoms with Gasteiger partial charge in [0.25, 0.3) is 0 Å². The standard InChI is InChI=1S/C18H29NO/c1-15(2)13-19-14-18(11-5-4-6-12-18)16-7-9-17(20-3)10-8-16/h7-10,15,19H,4-6,11-14H2,1-3H3. The van der Waals surface area contributed by atoms with E-state index >= 15 is 0 Å². The Balaban J connectivity index is 2.12. The normalized spacial score (nSPS) is 18.2. The number of nitrogens with one attached hydrogen (secondary N) is 1. The Hall–Kier alpha value is -1.02. The van der Waals surface area contributed by atoms with Crippen molar-refractivity contribution in [1.29, 1.82) is 0 Å². The third kappa shape index (κ3) is 3.76. The van der Waals surface area contributed by atoms with Crippen molar-refractivity contribution in [1.82, 2.24) is 5.32 Å². The number of methoxy groups -OCH3 is 1. The van der Waals surface area contributed by atoms with Crippen LogP contribution in [0.4, 0.5) is 0 Å². The molecule has 0 unspecified atom stereocenters. The van der Waals surface area contributed by atoms with Crippen molar-refractivity contribution in [3.05, 3.63) is 29.8 Å². The van der Waals surface area contributed by atoms with Gasteiger partial charge in [0.05, 0.1) is 7.11 Å². The van der Waals surface area contributed by atoms with E-state index in [-0.39, 0.29) is 0 Å². The zero-order valence-corrected chi connectivity index (χ0v) is 13.2. The van der Waals surface area contributed by atoms with Gasteiger partial charge in [0.15, 0.2) is 0 Å². The Labute approximate surface area is 123 Å². The number of benzene rings is 1. The second kappa shape index (κ2) is 7.12. The van der Waals surface area contributed by atoms with Crippen molar-refractivity contribution in [3.8, 4) is 5.75 Å². The Morgan fingerprint density at radius 1 is 1.10 bits per heavy atom. The molecule has 1 saturated carbocycles. The third-order valence-electron chi connectivity index (χ3n) is 4.53. The highest BCUT2D eigenvalue weighted by Crippen LogP contribution is 2.39. The van der Waals surface area contributed by atoms with Crippen LogP contribution < -0.4 is 10.1 Å². The molecule has 0 aromatic heterocycles. The lowest BCUT2D eigenvalue weighted by Crippen LogP contribution is -2.41. The monoisotopic (exact) mass is 275 g/mol. The molecule has 0 heterocycles. The van der Waals surface area contributed by atoms with E-state index in [0.717, 1.165) is 18.8 Å². The summed E-state index contributed by atoms with van der Waals surface area (Å²) in [6.45, 7) is 6.76. The molecule has 0 spiro atoms. The molecule has 1 aliphatic carbocycles. The molecule has 0 atom stereocenters. The number of hydrogen-bond acceptors (Lipinski definition) is 2. The second-order valence-corrected chi connectivity index (χ2v) is 6.59. The average molecular weight is 275 g/mol. The smallest absolute Gasteiger partial charge is 0.118 e. The topological polar surface area (TPSA) is 21.3 Å². The van der Waals surface area contributed by atoms with Gasteiger partial charge in [0.2, 0.25) is 0 Å². The predicted molar refractivity (Wildman–Crippen MR) is 85.5 cm³/mol. The van der Waals surface area contributed by atoms with Crippen LogP contribution in [0.15, 0.2) is 24.3 Å². The van der Waals surface area contributed by atoms with E-state index in [2.05, 4.69) is 43.4 Å². The molecule has 20 heavy (non-hydrogen) atoms. The van der Waals surface area contributed by atoms with E-state index in [1.165, 1.54) is 37.7 Å². The minimum Gasteiger partial charge on any atom is -0.497 e. The molecule has 2 rings (SSSR count). The molecule has 1 aromatic carbocycles. The lowest BCUT2D eigenvalue weighted by molar-refractivity contribution is 0.276. The maximum atomic E-state index is 5.29. The lowest BCUT2D eigenvalue weighted by Gasteiger charge is -2.38. The molecule has 1 fully saturated rings. The first-order valence-corrected chi connectivity index (χ1v) is 8.01. The summed E-state index contributed by atoms with van der Waals surface area (Å²) in [5.41, 5.74) is 1.81. The Morgan fingerprint density at radius 3 is 2.30 bits per heavy atom. The minimum absolute atomic E-state index is 0.333. The summed E-state index contributed by atoms with van der Waals surface area (Å²) in [6, 6.07) is 8.74. The van der Waals surface area contributed by atoms with Gasteiger partial charge in [-0.05, 0) is 43.0 Å². The van der Waals surface area contributed by atoms with Crippen LogP contribution in [0, 0.1) is 5.92 Å². The molecule has 2 nitrogen and oxygen atoms in total. The maximum absolute atomic E-state index is 5.29. The molecule has 0 aliphatic heterocycles. The van der Waals surface area contributed by atoms with Crippen LogP contribution in [0.3, 0.4) is 0 Å². The lowest BCUT2D eigenvalue weighted by atomic mass is 9.69. The highest BCUT2D eigenvalue weighted by Gasteiger charge is 2.33. The molecule has 112 valence electrons. The van der Waals surface area contributed by atoms with Crippen LogP contribution in [0.1, 0.15) is 51.5 Å². The first-order valence-electron chi connectivity index (χ1n) is 8.01. The van der Waals surface area contributed by atoms with Crippen LogP contribution in [-0.2, 0) is 5.41 Å². The largest absolute Gasteiger partial charge is 0.497 e. The molecular weight excluding hydrogens is 246 g/mol. The van der Waals surface area contributed by atoms with Gasteiger partial charge in [-0.15, -0.1) is 0 Å². The summed E-state index contributed by atoms with van der Waals surface area (Å²) in [6.07, 6.45) is 6.72. The first-order chi connectivity index (χ1) is 9.66. The Morgan fingerprint density at radius 2 is 1.75 bits per heavy atom. The minimum atomic E-state index is 0.333. The quantitative estimate of drug-likeness (QED) is 0.842. The fourth-order valence-corrected chi connectivity index (χ4v) is 3.34. The predicted octanol–water partition coefficient (Wildman–Crippen LogP) is 4.14. The molecule has 1 N–H and O–H groups in total. The molecule has 1 aliphatic rings. The van der Waals surface area contributed by atoms with Crippen LogP contribution in [0.25, 0.3) is 0 Å². The van der Waals surface area contributed by atoms with Gasteiger partial charge in [-0.25, -0.2) is 0 Å². The van der Waals surface area contributed by atoms with E-state index < -0.39 is 0 Å². The van der Waals surface area contributed by atoms with Crippen molar-refractivity contribution >= 4 is 0 Å². The molecule has 1 aromatic rings. The van der Waals surface area contributed by atoms with Crippen molar-refractivity contribution in [3.63, 3.8) is 0 Å². The van der Waals surface area contributed by atoms with Gasteiger partial charge in [-0.2, -0.15) is 0 Å². The summed E-state index contributed by atoms with van der Waals surface area (Å²) < 4.78 is 5.29. The zero-order valence-electron chi connectivity index (χ0n) is 13.2. The maximum Gasteiger partial charge on any atom is 0.118 e. The highest BCUT2D eigenvalue weighted by atomic mass is 16.5. The first kappa shape index (κ1) is 15.4. The van der Waals surface area contributed by atoms with Crippen LogP contribution in [0.2, 0.25) is 0 Å². The van der Waals surface area contributed by atoms with Crippen LogP contribution in [-0.4, -0.2) is 20.2 Å². The average Bonchev–Trinajstić information content (AvgIpc) is 2.48. The van der Waals surface area contributed by atoms with Crippen molar-refractivity contribution in [2.24, 2.45) is 5.92 Å². The van der Waals surface area contributed by atoms with Crippen LogP contribution >= 0.6 is 0 Å². The summed E-state index contributed by atoms with van der Waals surface area (Å²) in [5, 5.41) is 3.69.